The summed E-state index contributed by atoms with van der Waals surface area (Å²) in [6.07, 6.45) is -4.39. The minimum Gasteiger partial charge on any atom is -0.494 e. The van der Waals surface area contributed by atoms with Crippen LogP contribution in [0, 0.1) is 0 Å². The van der Waals surface area contributed by atoms with Gasteiger partial charge < -0.3 is 15.4 Å². The van der Waals surface area contributed by atoms with Gasteiger partial charge in [-0.05, 0) is 43.4 Å². The monoisotopic (exact) mass is 354 g/mol. The molecule has 0 bridgehead atoms. The van der Waals surface area contributed by atoms with Crippen molar-refractivity contribution in [3.63, 3.8) is 0 Å². The summed E-state index contributed by atoms with van der Waals surface area (Å²) in [5.41, 5.74) is 0.463. The van der Waals surface area contributed by atoms with Gasteiger partial charge >= 0.3 is 6.18 Å². The Morgan fingerprint density at radius 3 is 2.58 bits per heavy atom. The number of alkyl halides is 3. The molecule has 0 atom stereocenters. The molecule has 0 saturated carbocycles. The van der Waals surface area contributed by atoms with Crippen LogP contribution in [0.4, 0.5) is 18.9 Å². The van der Waals surface area contributed by atoms with Gasteiger partial charge in [0.25, 0.3) is 0 Å². The average molecular weight is 354 g/mol. The zero-order valence-corrected chi connectivity index (χ0v) is 13.8. The second kappa shape index (κ2) is 8.01. The van der Waals surface area contributed by atoms with E-state index in [9.17, 15) is 13.2 Å². The minimum absolute atomic E-state index is 0.237. The molecule has 3 nitrogen and oxygen atoms in total. The summed E-state index contributed by atoms with van der Waals surface area (Å²) in [5.74, 6) is 0.745. The molecule has 0 saturated heterocycles. The third-order valence-electron chi connectivity index (χ3n) is 3.16. The van der Waals surface area contributed by atoms with Crippen molar-refractivity contribution in [2.75, 3.05) is 11.9 Å². The Kier molecular flexibility index (Phi) is 6.03. The van der Waals surface area contributed by atoms with Crippen LogP contribution in [0.5, 0.6) is 5.75 Å². The summed E-state index contributed by atoms with van der Waals surface area (Å²) in [5, 5.41) is 5.96. The highest BCUT2D eigenvalue weighted by Crippen LogP contribution is 2.30. The number of halogens is 3. The van der Waals surface area contributed by atoms with Crippen LogP contribution in [-0.4, -0.2) is 11.7 Å². The van der Waals surface area contributed by atoms with Crippen LogP contribution < -0.4 is 15.4 Å². The first-order valence-corrected chi connectivity index (χ1v) is 7.74. The van der Waals surface area contributed by atoms with Gasteiger partial charge in [0.1, 0.15) is 5.75 Å². The lowest BCUT2D eigenvalue weighted by molar-refractivity contribution is -0.137. The molecule has 0 amide bonds. The van der Waals surface area contributed by atoms with E-state index in [1.807, 2.05) is 31.2 Å². The molecular formula is C17H17F3N2OS. The number of hydrogen-bond donors (Lipinski definition) is 2. The number of nitrogens with one attached hydrogen (secondary N) is 2. The number of ether oxygens (including phenoxy) is 1. The van der Waals surface area contributed by atoms with Gasteiger partial charge in [0.2, 0.25) is 0 Å². The Bertz CT molecular complexity index is 704. The van der Waals surface area contributed by atoms with Crippen LogP contribution in [0.1, 0.15) is 18.1 Å². The topological polar surface area (TPSA) is 33.3 Å². The van der Waals surface area contributed by atoms with E-state index >= 15 is 0 Å². The minimum atomic E-state index is -4.39. The van der Waals surface area contributed by atoms with Crippen molar-refractivity contribution in [2.24, 2.45) is 0 Å². The second-order valence-electron chi connectivity index (χ2n) is 4.93. The highest BCUT2D eigenvalue weighted by atomic mass is 32.1. The summed E-state index contributed by atoms with van der Waals surface area (Å²) >= 11 is 5.14. The molecule has 2 rings (SSSR count). The molecule has 2 aromatic carbocycles. The van der Waals surface area contributed by atoms with Crippen LogP contribution in [0.2, 0.25) is 0 Å². The van der Waals surface area contributed by atoms with E-state index in [-0.39, 0.29) is 10.8 Å². The molecular weight excluding hydrogens is 337 g/mol. The van der Waals surface area contributed by atoms with Gasteiger partial charge in [-0.3, -0.25) is 0 Å². The number of thiocarbonyl (C=S) groups is 1. The lowest BCUT2D eigenvalue weighted by Gasteiger charge is -2.14. The molecule has 0 heterocycles. The molecule has 7 heteroatoms. The summed E-state index contributed by atoms with van der Waals surface area (Å²) in [6.45, 7) is 2.84. The molecule has 0 unspecified atom stereocenters. The van der Waals surface area contributed by atoms with Crippen LogP contribution in [0.3, 0.4) is 0 Å². The highest BCUT2D eigenvalue weighted by Gasteiger charge is 2.30. The van der Waals surface area contributed by atoms with Crippen LogP contribution >= 0.6 is 12.2 Å². The molecule has 0 spiro atoms. The zero-order chi connectivity index (χ0) is 17.6. The van der Waals surface area contributed by atoms with Gasteiger partial charge in [0, 0.05) is 17.8 Å². The molecule has 0 fully saturated rings. The Labute approximate surface area is 143 Å². The van der Waals surface area contributed by atoms with E-state index in [1.165, 1.54) is 12.1 Å². The summed E-state index contributed by atoms with van der Waals surface area (Å²) in [6, 6.07) is 12.4. The first-order valence-electron chi connectivity index (χ1n) is 7.33. The van der Waals surface area contributed by atoms with Crippen molar-refractivity contribution in [1.29, 1.82) is 0 Å². The van der Waals surface area contributed by atoms with E-state index in [1.54, 1.807) is 0 Å². The average Bonchev–Trinajstić information content (AvgIpc) is 2.54. The summed E-state index contributed by atoms with van der Waals surface area (Å²) < 4.78 is 43.6. The molecule has 0 aromatic heterocycles. The van der Waals surface area contributed by atoms with Gasteiger partial charge in [-0.1, -0.05) is 24.3 Å². The number of hydrogen-bond acceptors (Lipinski definition) is 2. The van der Waals surface area contributed by atoms with Gasteiger partial charge in [-0.2, -0.15) is 13.2 Å². The summed E-state index contributed by atoms with van der Waals surface area (Å²) in [4.78, 5) is 0. The third-order valence-corrected chi connectivity index (χ3v) is 3.41. The SMILES string of the molecule is CCOc1ccccc1CNC(=S)Nc1cccc(C(F)(F)F)c1. The van der Waals surface area contributed by atoms with Gasteiger partial charge in [-0.25, -0.2) is 0 Å². The number of anilines is 1. The molecule has 2 N–H and O–H groups in total. The molecule has 0 aliphatic heterocycles. The fraction of sp³-hybridized carbons (Fsp3) is 0.235. The predicted molar refractivity (Wildman–Crippen MR) is 92.1 cm³/mol. The quantitative estimate of drug-likeness (QED) is 0.770. The van der Waals surface area contributed by atoms with Crippen molar-refractivity contribution in [2.45, 2.75) is 19.6 Å². The number of para-hydroxylation sites is 1. The maximum atomic E-state index is 12.7. The zero-order valence-electron chi connectivity index (χ0n) is 13.0. The van der Waals surface area contributed by atoms with Gasteiger partial charge in [-0.15, -0.1) is 0 Å². The summed E-state index contributed by atoms with van der Waals surface area (Å²) in [7, 11) is 0. The van der Waals surface area contributed by atoms with E-state index < -0.39 is 11.7 Å². The lowest BCUT2D eigenvalue weighted by atomic mass is 10.2. The molecule has 2 aromatic rings. The Morgan fingerprint density at radius 2 is 1.88 bits per heavy atom. The smallest absolute Gasteiger partial charge is 0.416 e. The Hall–Kier alpha value is -2.28. The Balaban J connectivity index is 1.97. The van der Waals surface area contributed by atoms with Crippen molar-refractivity contribution in [1.82, 2.24) is 5.32 Å². The highest BCUT2D eigenvalue weighted by molar-refractivity contribution is 7.80. The predicted octanol–water partition coefficient (Wildman–Crippen LogP) is 4.59. The van der Waals surface area contributed by atoms with Crippen molar-refractivity contribution in [3.05, 3.63) is 59.7 Å². The van der Waals surface area contributed by atoms with Crippen molar-refractivity contribution >= 4 is 23.0 Å². The number of rotatable bonds is 5. The third kappa shape index (κ3) is 5.13. The van der Waals surface area contributed by atoms with Crippen LogP contribution in [0.15, 0.2) is 48.5 Å². The first-order chi connectivity index (χ1) is 11.4. The molecule has 0 aliphatic rings. The van der Waals surface area contributed by atoms with E-state index in [4.69, 9.17) is 17.0 Å². The van der Waals surface area contributed by atoms with Crippen molar-refractivity contribution < 1.29 is 17.9 Å². The van der Waals surface area contributed by atoms with Crippen molar-refractivity contribution in [3.8, 4) is 5.75 Å². The molecule has 0 aliphatic carbocycles. The maximum Gasteiger partial charge on any atom is 0.416 e. The standard InChI is InChI=1S/C17H17F3N2OS/c1-2-23-15-9-4-3-6-12(15)11-21-16(24)22-14-8-5-7-13(10-14)17(18,19)20/h3-10H,2,11H2,1H3,(H2,21,22,24). The van der Waals surface area contributed by atoms with E-state index in [0.717, 1.165) is 23.4 Å². The molecule has 24 heavy (non-hydrogen) atoms. The maximum absolute atomic E-state index is 12.7. The first kappa shape index (κ1) is 18.1. The molecule has 128 valence electrons. The largest absolute Gasteiger partial charge is 0.494 e. The van der Waals surface area contributed by atoms with Crippen LogP contribution in [0.25, 0.3) is 0 Å². The van der Waals surface area contributed by atoms with Gasteiger partial charge in [0.15, 0.2) is 5.11 Å². The fourth-order valence-electron chi connectivity index (χ4n) is 2.07. The van der Waals surface area contributed by atoms with E-state index in [0.29, 0.717) is 13.2 Å². The number of benzene rings is 2. The van der Waals surface area contributed by atoms with E-state index in [2.05, 4.69) is 10.6 Å². The van der Waals surface area contributed by atoms with Crippen LogP contribution in [-0.2, 0) is 12.7 Å². The normalized spacial score (nSPS) is 11.0. The Morgan fingerprint density at radius 1 is 1.12 bits per heavy atom. The second-order valence-corrected chi connectivity index (χ2v) is 5.34. The molecule has 0 radical (unpaired) electrons. The van der Waals surface area contributed by atoms with Gasteiger partial charge in [0.05, 0.1) is 12.2 Å². The fourth-order valence-corrected chi connectivity index (χ4v) is 2.26. The lowest BCUT2D eigenvalue weighted by Crippen LogP contribution is -2.28.